The van der Waals surface area contributed by atoms with Gasteiger partial charge in [0.1, 0.15) is 18.1 Å². The molecule has 168 valence electrons. The number of nitrogens with one attached hydrogen (secondary N) is 1. The van der Waals surface area contributed by atoms with Gasteiger partial charge in [-0.15, -0.1) is 0 Å². The maximum Gasteiger partial charge on any atom is 0.244 e. The van der Waals surface area contributed by atoms with Gasteiger partial charge < -0.3 is 14.8 Å². The zero-order valence-electron chi connectivity index (χ0n) is 17.9. The summed E-state index contributed by atoms with van der Waals surface area (Å²) in [4.78, 5) is 32.7. The van der Waals surface area contributed by atoms with Gasteiger partial charge in [-0.3, -0.25) is 9.48 Å². The summed E-state index contributed by atoms with van der Waals surface area (Å²) < 4.78 is 15.0. The second-order valence-corrected chi connectivity index (χ2v) is 7.86. The average Bonchev–Trinajstić information content (AvgIpc) is 3.52. The first kappa shape index (κ1) is 20.8. The van der Waals surface area contributed by atoms with Crippen molar-refractivity contribution in [3.05, 3.63) is 78.4 Å². The van der Waals surface area contributed by atoms with Gasteiger partial charge in [-0.1, -0.05) is 12.1 Å². The van der Waals surface area contributed by atoms with Crippen LogP contribution in [0.1, 0.15) is 11.3 Å². The number of amides is 1. The van der Waals surface area contributed by atoms with Crippen molar-refractivity contribution in [3.8, 4) is 11.4 Å². The number of nitrogens with zero attached hydrogens (tertiary/aromatic N) is 7. The molecule has 3 aromatic heterocycles. The molecule has 1 aliphatic heterocycles. The third-order valence-corrected chi connectivity index (χ3v) is 5.69. The van der Waals surface area contributed by atoms with E-state index in [2.05, 4.69) is 29.9 Å². The lowest BCUT2D eigenvalue weighted by atomic mass is 10.1. The fourth-order valence-corrected chi connectivity index (χ4v) is 3.91. The Labute approximate surface area is 189 Å². The standard InChI is InChI=1S/C23H23FN8O/c24-18-4-2-17(3-5-18)12-19-13-20(21-14-25-16-28-21)29-32(19)15-22(33)30-8-10-31(11-9-30)23-26-6-1-7-27-23/h1-7,13-14,16H,8-12,15H2,(H,25,28). The van der Waals surface area contributed by atoms with Crippen molar-refractivity contribution in [1.82, 2.24) is 34.6 Å². The molecule has 1 saturated heterocycles. The molecule has 10 heteroatoms. The van der Waals surface area contributed by atoms with Gasteiger partial charge in [-0.25, -0.2) is 19.3 Å². The summed E-state index contributed by atoms with van der Waals surface area (Å²) in [5.41, 5.74) is 3.30. The van der Waals surface area contributed by atoms with Gasteiger partial charge in [0, 0.05) is 50.7 Å². The van der Waals surface area contributed by atoms with Crippen LogP contribution in [0.5, 0.6) is 0 Å². The number of halogens is 1. The lowest BCUT2D eigenvalue weighted by Gasteiger charge is -2.34. The maximum atomic E-state index is 13.3. The summed E-state index contributed by atoms with van der Waals surface area (Å²) in [6.45, 7) is 2.68. The molecule has 1 aromatic carbocycles. The van der Waals surface area contributed by atoms with Gasteiger partial charge in [0.05, 0.1) is 18.2 Å². The second-order valence-electron chi connectivity index (χ2n) is 7.86. The smallest absolute Gasteiger partial charge is 0.244 e. The van der Waals surface area contributed by atoms with Crippen molar-refractivity contribution in [2.24, 2.45) is 0 Å². The summed E-state index contributed by atoms with van der Waals surface area (Å²) in [5, 5.41) is 4.66. The Bertz CT molecular complexity index is 1200. The van der Waals surface area contributed by atoms with E-state index in [1.807, 2.05) is 11.0 Å². The Morgan fingerprint density at radius 1 is 1.06 bits per heavy atom. The molecule has 4 heterocycles. The van der Waals surface area contributed by atoms with Crippen molar-refractivity contribution < 1.29 is 9.18 Å². The number of aromatic nitrogens is 6. The molecule has 0 bridgehead atoms. The highest BCUT2D eigenvalue weighted by Gasteiger charge is 2.24. The van der Waals surface area contributed by atoms with E-state index in [1.165, 1.54) is 12.1 Å². The number of H-pyrrole nitrogens is 1. The summed E-state index contributed by atoms with van der Waals surface area (Å²) in [5.74, 6) is 0.409. The molecule has 33 heavy (non-hydrogen) atoms. The lowest BCUT2D eigenvalue weighted by molar-refractivity contribution is -0.132. The number of benzene rings is 1. The summed E-state index contributed by atoms with van der Waals surface area (Å²) >= 11 is 0. The Kier molecular flexibility index (Phi) is 5.79. The number of rotatable bonds is 6. The highest BCUT2D eigenvalue weighted by molar-refractivity contribution is 5.76. The molecule has 1 N–H and O–H groups in total. The molecule has 0 unspecified atom stereocenters. The van der Waals surface area contributed by atoms with E-state index in [9.17, 15) is 9.18 Å². The van der Waals surface area contributed by atoms with Crippen LogP contribution < -0.4 is 4.90 Å². The zero-order chi connectivity index (χ0) is 22.6. The quantitative estimate of drug-likeness (QED) is 0.488. The molecule has 0 radical (unpaired) electrons. The fraction of sp³-hybridized carbons (Fsp3) is 0.261. The number of carbonyl (C=O) groups excluding carboxylic acids is 1. The van der Waals surface area contributed by atoms with E-state index in [0.717, 1.165) is 17.0 Å². The van der Waals surface area contributed by atoms with Crippen LogP contribution in [0.15, 0.2) is 61.3 Å². The van der Waals surface area contributed by atoms with Crippen molar-refractivity contribution >= 4 is 11.9 Å². The van der Waals surface area contributed by atoms with E-state index in [0.29, 0.717) is 44.2 Å². The minimum absolute atomic E-state index is 0.00301. The van der Waals surface area contributed by atoms with Crippen molar-refractivity contribution in [2.45, 2.75) is 13.0 Å². The van der Waals surface area contributed by atoms with Gasteiger partial charge in [0.15, 0.2) is 0 Å². The summed E-state index contributed by atoms with van der Waals surface area (Å²) in [7, 11) is 0. The largest absolute Gasteiger partial charge is 0.343 e. The number of imidazole rings is 1. The van der Waals surface area contributed by atoms with Crippen LogP contribution in [0, 0.1) is 5.82 Å². The van der Waals surface area contributed by atoms with Crippen LogP contribution in [0.3, 0.4) is 0 Å². The molecule has 1 aliphatic rings. The Hall–Kier alpha value is -4.08. The van der Waals surface area contributed by atoms with Crippen LogP contribution in [-0.4, -0.2) is 66.7 Å². The molecule has 9 nitrogen and oxygen atoms in total. The van der Waals surface area contributed by atoms with Crippen molar-refractivity contribution in [1.29, 1.82) is 0 Å². The van der Waals surface area contributed by atoms with E-state index >= 15 is 0 Å². The normalized spacial score (nSPS) is 14.0. The lowest BCUT2D eigenvalue weighted by Crippen LogP contribution is -2.50. The first-order valence-electron chi connectivity index (χ1n) is 10.8. The van der Waals surface area contributed by atoms with E-state index in [-0.39, 0.29) is 18.3 Å². The third-order valence-electron chi connectivity index (χ3n) is 5.69. The van der Waals surface area contributed by atoms with Gasteiger partial charge in [-0.05, 0) is 29.8 Å². The molecule has 0 saturated carbocycles. The van der Waals surface area contributed by atoms with E-state index in [4.69, 9.17) is 0 Å². The first-order valence-corrected chi connectivity index (χ1v) is 10.8. The van der Waals surface area contributed by atoms with Gasteiger partial charge in [-0.2, -0.15) is 5.10 Å². The SMILES string of the molecule is O=C(Cn1nc(-c2cnc[nH]2)cc1Cc1ccc(F)cc1)N1CCN(c2ncccn2)CC1. The highest BCUT2D eigenvalue weighted by atomic mass is 19.1. The Balaban J connectivity index is 1.30. The number of hydrogen-bond donors (Lipinski definition) is 1. The van der Waals surface area contributed by atoms with E-state index in [1.54, 1.807) is 47.8 Å². The molecule has 4 aromatic rings. The van der Waals surface area contributed by atoms with Gasteiger partial charge >= 0.3 is 0 Å². The second kappa shape index (κ2) is 9.19. The maximum absolute atomic E-state index is 13.3. The molecule has 0 spiro atoms. The van der Waals surface area contributed by atoms with Gasteiger partial charge in [0.25, 0.3) is 0 Å². The first-order chi connectivity index (χ1) is 16.2. The van der Waals surface area contributed by atoms with Crippen LogP contribution in [-0.2, 0) is 17.8 Å². The molecule has 1 amide bonds. The van der Waals surface area contributed by atoms with Crippen LogP contribution >= 0.6 is 0 Å². The van der Waals surface area contributed by atoms with E-state index < -0.39 is 0 Å². The molecule has 0 atom stereocenters. The number of carbonyl (C=O) groups is 1. The summed E-state index contributed by atoms with van der Waals surface area (Å²) in [6, 6.07) is 10.1. The van der Waals surface area contributed by atoms with Crippen LogP contribution in [0.2, 0.25) is 0 Å². The van der Waals surface area contributed by atoms with Crippen molar-refractivity contribution in [3.63, 3.8) is 0 Å². The van der Waals surface area contributed by atoms with Crippen LogP contribution in [0.25, 0.3) is 11.4 Å². The predicted molar refractivity (Wildman–Crippen MR) is 120 cm³/mol. The minimum atomic E-state index is -0.277. The number of piperazine rings is 1. The molecule has 1 fully saturated rings. The predicted octanol–water partition coefficient (Wildman–Crippen LogP) is 2.14. The van der Waals surface area contributed by atoms with Gasteiger partial charge in [0.2, 0.25) is 11.9 Å². The zero-order valence-corrected chi connectivity index (χ0v) is 17.9. The summed E-state index contributed by atoms with van der Waals surface area (Å²) in [6.07, 6.45) is 7.26. The fourth-order valence-electron chi connectivity index (χ4n) is 3.91. The number of hydrogen-bond acceptors (Lipinski definition) is 6. The Morgan fingerprint density at radius 3 is 2.52 bits per heavy atom. The topological polar surface area (TPSA) is 95.8 Å². The molecular formula is C23H23FN8O. The molecule has 5 rings (SSSR count). The minimum Gasteiger partial charge on any atom is -0.343 e. The molecule has 0 aliphatic carbocycles. The number of anilines is 1. The number of aromatic amines is 1. The highest BCUT2D eigenvalue weighted by Crippen LogP contribution is 2.20. The Morgan fingerprint density at radius 2 is 1.82 bits per heavy atom. The molecular weight excluding hydrogens is 423 g/mol. The monoisotopic (exact) mass is 446 g/mol. The van der Waals surface area contributed by atoms with Crippen molar-refractivity contribution in [2.75, 3.05) is 31.1 Å². The van der Waals surface area contributed by atoms with Crippen LogP contribution in [0.4, 0.5) is 10.3 Å². The third kappa shape index (κ3) is 4.74. The average molecular weight is 446 g/mol.